The molecule has 21 heavy (non-hydrogen) atoms. The molecule has 1 rings (SSSR count). The number of likely N-dealkylation sites (N-methyl/N-ethyl adjacent to an activating group) is 1. The van der Waals surface area contributed by atoms with E-state index in [2.05, 4.69) is 5.32 Å². The maximum atomic E-state index is 13.7. The third-order valence-corrected chi connectivity index (χ3v) is 3.71. The number of ether oxygens (including phenoxy) is 1. The van der Waals surface area contributed by atoms with E-state index in [1.165, 1.54) is 6.07 Å². The lowest BCUT2D eigenvalue weighted by atomic mass is 9.87. The van der Waals surface area contributed by atoms with Crippen LogP contribution >= 0.6 is 0 Å². The van der Waals surface area contributed by atoms with Gasteiger partial charge < -0.3 is 10.1 Å². The molecule has 0 bridgehead atoms. The highest BCUT2D eigenvalue weighted by Crippen LogP contribution is 2.36. The second-order valence-electron chi connectivity index (χ2n) is 5.06. The highest BCUT2D eigenvalue weighted by molar-refractivity contribution is 5.30. The van der Waals surface area contributed by atoms with Crippen molar-refractivity contribution in [1.82, 2.24) is 5.32 Å². The molecule has 0 amide bonds. The number of halogens is 4. The molecule has 0 aromatic heterocycles. The standard InChI is InChI=1S/C15H21F4NO/c1-5-14(3,21-6-2)13(20-4)10-7-8-11(12(16)9-10)15(17,18)19/h7-9,13,20H,5-6H2,1-4H3. The topological polar surface area (TPSA) is 21.3 Å². The van der Waals surface area contributed by atoms with Gasteiger partial charge in [-0.25, -0.2) is 4.39 Å². The maximum absolute atomic E-state index is 13.7. The van der Waals surface area contributed by atoms with E-state index >= 15 is 0 Å². The molecule has 0 spiro atoms. The van der Waals surface area contributed by atoms with Gasteiger partial charge in [0.05, 0.1) is 17.2 Å². The van der Waals surface area contributed by atoms with E-state index in [4.69, 9.17) is 4.74 Å². The van der Waals surface area contributed by atoms with E-state index in [-0.39, 0.29) is 0 Å². The summed E-state index contributed by atoms with van der Waals surface area (Å²) in [4.78, 5) is 0. The van der Waals surface area contributed by atoms with Crippen LogP contribution in [0, 0.1) is 5.82 Å². The molecule has 2 nitrogen and oxygen atoms in total. The third kappa shape index (κ3) is 3.95. The number of alkyl halides is 3. The van der Waals surface area contributed by atoms with Gasteiger partial charge >= 0.3 is 6.18 Å². The van der Waals surface area contributed by atoms with E-state index in [9.17, 15) is 17.6 Å². The number of rotatable bonds is 6. The van der Waals surface area contributed by atoms with Gasteiger partial charge in [-0.2, -0.15) is 13.2 Å². The van der Waals surface area contributed by atoms with Crippen LogP contribution in [-0.2, 0) is 10.9 Å². The molecule has 0 heterocycles. The molecule has 1 aromatic carbocycles. The predicted octanol–water partition coefficient (Wildman–Crippen LogP) is 4.31. The van der Waals surface area contributed by atoms with Gasteiger partial charge in [-0.05, 0) is 45.0 Å². The van der Waals surface area contributed by atoms with Crippen molar-refractivity contribution < 1.29 is 22.3 Å². The van der Waals surface area contributed by atoms with Crippen LogP contribution in [0.25, 0.3) is 0 Å². The molecule has 1 N–H and O–H groups in total. The van der Waals surface area contributed by atoms with E-state index in [0.717, 1.165) is 12.1 Å². The molecule has 0 aliphatic carbocycles. The third-order valence-electron chi connectivity index (χ3n) is 3.71. The van der Waals surface area contributed by atoms with Crippen molar-refractivity contribution in [3.63, 3.8) is 0 Å². The van der Waals surface area contributed by atoms with Gasteiger partial charge in [0.1, 0.15) is 5.82 Å². The molecule has 0 saturated carbocycles. The summed E-state index contributed by atoms with van der Waals surface area (Å²) in [5.41, 5.74) is -1.45. The minimum Gasteiger partial charge on any atom is -0.374 e. The molecular formula is C15H21F4NO. The lowest BCUT2D eigenvalue weighted by molar-refractivity contribution is -0.140. The Hall–Kier alpha value is -1.14. The summed E-state index contributed by atoms with van der Waals surface area (Å²) in [6.07, 6.45) is -4.05. The van der Waals surface area contributed by atoms with Gasteiger partial charge in [-0.15, -0.1) is 0 Å². The zero-order valence-corrected chi connectivity index (χ0v) is 12.6. The first kappa shape index (κ1) is 17.9. The number of hydrogen-bond donors (Lipinski definition) is 1. The minimum absolute atomic E-state index is 0.403. The second kappa shape index (κ2) is 6.75. The van der Waals surface area contributed by atoms with Gasteiger partial charge in [0.2, 0.25) is 0 Å². The number of nitrogens with one attached hydrogen (secondary N) is 1. The Morgan fingerprint density at radius 3 is 2.24 bits per heavy atom. The van der Waals surface area contributed by atoms with Gasteiger partial charge in [-0.1, -0.05) is 13.0 Å². The molecule has 2 unspecified atom stereocenters. The Kier molecular flexibility index (Phi) is 5.75. The zero-order valence-electron chi connectivity index (χ0n) is 12.6. The fraction of sp³-hybridized carbons (Fsp3) is 0.600. The second-order valence-corrected chi connectivity index (χ2v) is 5.06. The van der Waals surface area contributed by atoms with Crippen LogP contribution in [0.15, 0.2) is 18.2 Å². The fourth-order valence-electron chi connectivity index (χ4n) is 2.48. The molecule has 1 aromatic rings. The molecule has 120 valence electrons. The summed E-state index contributed by atoms with van der Waals surface area (Å²) in [5, 5.41) is 3.01. The number of hydrogen-bond acceptors (Lipinski definition) is 2. The van der Waals surface area contributed by atoms with Crippen LogP contribution in [0.4, 0.5) is 17.6 Å². The largest absolute Gasteiger partial charge is 0.419 e. The quantitative estimate of drug-likeness (QED) is 0.791. The summed E-state index contributed by atoms with van der Waals surface area (Å²) in [7, 11) is 1.67. The summed E-state index contributed by atoms with van der Waals surface area (Å²) in [6.45, 7) is 6.08. The van der Waals surface area contributed by atoms with Crippen LogP contribution in [0.2, 0.25) is 0 Å². The highest BCUT2D eigenvalue weighted by Gasteiger charge is 2.37. The van der Waals surface area contributed by atoms with Crippen molar-refractivity contribution in [3.05, 3.63) is 35.1 Å². The lowest BCUT2D eigenvalue weighted by Crippen LogP contribution is -2.42. The normalized spacial score (nSPS) is 16.6. The van der Waals surface area contributed by atoms with Gasteiger partial charge in [0, 0.05) is 6.61 Å². The average Bonchev–Trinajstić information content (AvgIpc) is 2.38. The van der Waals surface area contributed by atoms with Gasteiger partial charge in [-0.3, -0.25) is 0 Å². The maximum Gasteiger partial charge on any atom is 0.419 e. The average molecular weight is 307 g/mol. The van der Waals surface area contributed by atoms with E-state index in [1.54, 1.807) is 7.05 Å². The summed E-state index contributed by atoms with van der Waals surface area (Å²) in [6, 6.07) is 2.59. The summed E-state index contributed by atoms with van der Waals surface area (Å²) >= 11 is 0. The Morgan fingerprint density at radius 2 is 1.86 bits per heavy atom. The molecule has 6 heteroatoms. The van der Waals surface area contributed by atoms with Gasteiger partial charge in [0.15, 0.2) is 0 Å². The van der Waals surface area contributed by atoms with Crippen molar-refractivity contribution in [1.29, 1.82) is 0 Å². The molecule has 0 fully saturated rings. The molecule has 0 aliphatic heterocycles. The SMILES string of the molecule is CCOC(C)(CC)C(NC)c1ccc(C(F)(F)F)c(F)c1. The predicted molar refractivity (Wildman–Crippen MR) is 73.5 cm³/mol. The fourth-order valence-corrected chi connectivity index (χ4v) is 2.48. The van der Waals surface area contributed by atoms with Crippen LogP contribution in [0.3, 0.4) is 0 Å². The van der Waals surface area contributed by atoms with Crippen molar-refractivity contribution >= 4 is 0 Å². The van der Waals surface area contributed by atoms with Crippen LogP contribution in [-0.4, -0.2) is 19.3 Å². The monoisotopic (exact) mass is 307 g/mol. The Bertz CT molecular complexity index is 475. The van der Waals surface area contributed by atoms with E-state index < -0.39 is 29.2 Å². The molecule has 0 saturated heterocycles. The molecule has 0 radical (unpaired) electrons. The smallest absolute Gasteiger partial charge is 0.374 e. The van der Waals surface area contributed by atoms with Crippen LogP contribution < -0.4 is 5.32 Å². The first-order valence-electron chi connectivity index (χ1n) is 6.87. The first-order chi connectivity index (χ1) is 9.69. The highest BCUT2D eigenvalue weighted by atomic mass is 19.4. The molecular weight excluding hydrogens is 286 g/mol. The van der Waals surface area contributed by atoms with Crippen molar-refractivity contribution in [2.75, 3.05) is 13.7 Å². The van der Waals surface area contributed by atoms with E-state index in [0.29, 0.717) is 18.6 Å². The summed E-state index contributed by atoms with van der Waals surface area (Å²) < 4.78 is 57.3. The Labute approximate surface area is 122 Å². The molecule has 2 atom stereocenters. The van der Waals surface area contributed by atoms with Crippen LogP contribution in [0.1, 0.15) is 44.4 Å². The molecule has 0 aliphatic rings. The van der Waals surface area contributed by atoms with Crippen molar-refractivity contribution in [2.24, 2.45) is 0 Å². The minimum atomic E-state index is -4.69. The Balaban J connectivity index is 3.21. The van der Waals surface area contributed by atoms with Crippen molar-refractivity contribution in [2.45, 2.75) is 45.0 Å². The van der Waals surface area contributed by atoms with Gasteiger partial charge in [0.25, 0.3) is 0 Å². The first-order valence-corrected chi connectivity index (χ1v) is 6.87. The van der Waals surface area contributed by atoms with Crippen molar-refractivity contribution in [3.8, 4) is 0 Å². The van der Waals surface area contributed by atoms with Crippen LogP contribution in [0.5, 0.6) is 0 Å². The van der Waals surface area contributed by atoms with E-state index in [1.807, 2.05) is 20.8 Å². The zero-order chi connectivity index (χ0) is 16.3. The number of benzene rings is 1. The summed E-state index contributed by atoms with van der Waals surface area (Å²) in [5.74, 6) is -1.27. The Morgan fingerprint density at radius 1 is 1.24 bits per heavy atom. The lowest BCUT2D eigenvalue weighted by Gasteiger charge is -2.37.